The van der Waals surface area contributed by atoms with Gasteiger partial charge in [0.2, 0.25) is 5.91 Å². The lowest BCUT2D eigenvalue weighted by molar-refractivity contribution is -0.135. The lowest BCUT2D eigenvalue weighted by Crippen LogP contribution is -2.51. The third-order valence-electron chi connectivity index (χ3n) is 4.38. The Labute approximate surface area is 139 Å². The van der Waals surface area contributed by atoms with Crippen LogP contribution in [0.25, 0.3) is 0 Å². The number of hydrogen-bond acceptors (Lipinski definition) is 4. The Hall–Kier alpha value is -1.43. The molecule has 1 aromatic rings. The predicted octanol–water partition coefficient (Wildman–Crippen LogP) is 1.03. The molecule has 1 heterocycles. The minimum absolute atomic E-state index is 0.193. The molecular weight excluding hydrogens is 290 g/mol. The zero-order chi connectivity index (χ0) is 16.7. The van der Waals surface area contributed by atoms with Crippen LogP contribution in [0.1, 0.15) is 19.4 Å². The van der Waals surface area contributed by atoms with Gasteiger partial charge in [-0.3, -0.25) is 14.6 Å². The minimum Gasteiger partial charge on any atom is -0.395 e. The summed E-state index contributed by atoms with van der Waals surface area (Å²) < 4.78 is 0. The highest BCUT2D eigenvalue weighted by atomic mass is 16.3. The van der Waals surface area contributed by atoms with Crippen molar-refractivity contribution in [3.05, 3.63) is 35.9 Å². The van der Waals surface area contributed by atoms with E-state index >= 15 is 0 Å². The molecule has 1 aromatic carbocycles. The zero-order valence-corrected chi connectivity index (χ0v) is 14.3. The molecule has 2 rings (SSSR count). The van der Waals surface area contributed by atoms with E-state index in [1.807, 2.05) is 23.1 Å². The normalized spacial score (nSPS) is 16.7. The van der Waals surface area contributed by atoms with E-state index in [1.165, 1.54) is 5.56 Å². The van der Waals surface area contributed by atoms with Gasteiger partial charge < -0.3 is 10.0 Å². The maximum atomic E-state index is 12.7. The van der Waals surface area contributed by atoms with Gasteiger partial charge in [0.25, 0.3) is 0 Å². The van der Waals surface area contributed by atoms with E-state index in [2.05, 4.69) is 35.8 Å². The van der Waals surface area contributed by atoms with E-state index in [0.717, 1.165) is 32.7 Å². The van der Waals surface area contributed by atoms with Crippen LogP contribution in [0.15, 0.2) is 30.3 Å². The smallest absolute Gasteiger partial charge is 0.237 e. The molecule has 1 N–H and O–H groups in total. The Morgan fingerprint density at radius 1 is 1.13 bits per heavy atom. The average molecular weight is 319 g/mol. The second-order valence-electron chi connectivity index (χ2n) is 6.44. The molecule has 0 aliphatic carbocycles. The van der Waals surface area contributed by atoms with Crippen LogP contribution in [0.3, 0.4) is 0 Å². The number of carbonyl (C=O) groups is 1. The van der Waals surface area contributed by atoms with E-state index in [9.17, 15) is 4.79 Å². The van der Waals surface area contributed by atoms with Crippen molar-refractivity contribution in [2.45, 2.75) is 26.4 Å². The number of β-amino-alcohol motifs (C(OH)–C–C–N with tert-alkyl or cyclic N) is 1. The van der Waals surface area contributed by atoms with Crippen molar-refractivity contribution in [3.63, 3.8) is 0 Å². The van der Waals surface area contributed by atoms with Crippen LogP contribution in [0.2, 0.25) is 0 Å². The number of benzene rings is 1. The molecule has 0 atom stereocenters. The average Bonchev–Trinajstić information content (AvgIpc) is 2.55. The molecule has 23 heavy (non-hydrogen) atoms. The van der Waals surface area contributed by atoms with Crippen molar-refractivity contribution in [1.82, 2.24) is 14.7 Å². The third-order valence-corrected chi connectivity index (χ3v) is 4.38. The van der Waals surface area contributed by atoms with Crippen LogP contribution < -0.4 is 0 Å². The molecule has 1 aliphatic rings. The number of rotatable bonds is 7. The summed E-state index contributed by atoms with van der Waals surface area (Å²) in [5.41, 5.74) is 1.17. The van der Waals surface area contributed by atoms with Crippen molar-refractivity contribution in [1.29, 1.82) is 0 Å². The number of carbonyl (C=O) groups excluding carboxylic acids is 1. The number of aliphatic hydroxyl groups is 1. The minimum atomic E-state index is 0.193. The first-order valence-electron chi connectivity index (χ1n) is 8.49. The van der Waals surface area contributed by atoms with Gasteiger partial charge >= 0.3 is 0 Å². The monoisotopic (exact) mass is 319 g/mol. The van der Waals surface area contributed by atoms with E-state index in [-0.39, 0.29) is 18.6 Å². The van der Waals surface area contributed by atoms with Gasteiger partial charge in [0, 0.05) is 45.3 Å². The van der Waals surface area contributed by atoms with Crippen LogP contribution in [-0.2, 0) is 11.3 Å². The van der Waals surface area contributed by atoms with Crippen molar-refractivity contribution in [2.24, 2.45) is 0 Å². The Morgan fingerprint density at radius 3 is 2.30 bits per heavy atom. The summed E-state index contributed by atoms with van der Waals surface area (Å²) in [5.74, 6) is 0.194. The van der Waals surface area contributed by atoms with Crippen LogP contribution in [-0.4, -0.2) is 77.6 Å². The molecule has 0 unspecified atom stereocenters. The highest BCUT2D eigenvalue weighted by Crippen LogP contribution is 2.10. The first kappa shape index (κ1) is 17.9. The molecule has 5 nitrogen and oxygen atoms in total. The Kier molecular flexibility index (Phi) is 7.02. The highest BCUT2D eigenvalue weighted by molar-refractivity contribution is 5.78. The standard InChI is InChI=1S/C18H29N3O2/c1-16(2)21(14-17-6-4-3-5-7-17)18(23)15-20-10-8-19(9-11-20)12-13-22/h3-7,16,22H,8-15H2,1-2H3. The third kappa shape index (κ3) is 5.61. The quantitative estimate of drug-likeness (QED) is 0.815. The lowest BCUT2D eigenvalue weighted by atomic mass is 10.2. The maximum absolute atomic E-state index is 12.7. The largest absolute Gasteiger partial charge is 0.395 e. The second kappa shape index (κ2) is 9.01. The first-order chi connectivity index (χ1) is 11.1. The van der Waals surface area contributed by atoms with Crippen LogP contribution in [0.4, 0.5) is 0 Å². The summed E-state index contributed by atoms with van der Waals surface area (Å²) in [4.78, 5) is 19.1. The number of hydrogen-bond donors (Lipinski definition) is 1. The summed E-state index contributed by atoms with van der Waals surface area (Å²) in [5, 5.41) is 8.99. The number of aliphatic hydroxyl groups excluding tert-OH is 1. The number of piperazine rings is 1. The molecular formula is C18H29N3O2. The highest BCUT2D eigenvalue weighted by Gasteiger charge is 2.23. The fourth-order valence-corrected chi connectivity index (χ4v) is 2.93. The predicted molar refractivity (Wildman–Crippen MR) is 92.1 cm³/mol. The topological polar surface area (TPSA) is 47.0 Å². The molecule has 0 bridgehead atoms. The van der Waals surface area contributed by atoms with E-state index < -0.39 is 0 Å². The van der Waals surface area contributed by atoms with Gasteiger partial charge in [0.1, 0.15) is 0 Å². The van der Waals surface area contributed by atoms with Gasteiger partial charge in [-0.05, 0) is 19.4 Å². The van der Waals surface area contributed by atoms with E-state index in [0.29, 0.717) is 13.1 Å². The fraction of sp³-hybridized carbons (Fsp3) is 0.611. The summed E-state index contributed by atoms with van der Waals surface area (Å²) in [6.07, 6.45) is 0. The van der Waals surface area contributed by atoms with Crippen LogP contribution in [0, 0.1) is 0 Å². The molecule has 0 spiro atoms. The van der Waals surface area contributed by atoms with Crippen molar-refractivity contribution < 1.29 is 9.90 Å². The van der Waals surface area contributed by atoms with Crippen LogP contribution >= 0.6 is 0 Å². The Balaban J connectivity index is 1.87. The first-order valence-corrected chi connectivity index (χ1v) is 8.49. The molecule has 1 fully saturated rings. The second-order valence-corrected chi connectivity index (χ2v) is 6.44. The van der Waals surface area contributed by atoms with Crippen LogP contribution in [0.5, 0.6) is 0 Å². The molecule has 5 heteroatoms. The Morgan fingerprint density at radius 2 is 1.74 bits per heavy atom. The van der Waals surface area contributed by atoms with Gasteiger partial charge in [-0.1, -0.05) is 30.3 Å². The van der Waals surface area contributed by atoms with Gasteiger partial charge in [0.15, 0.2) is 0 Å². The SMILES string of the molecule is CC(C)N(Cc1ccccc1)C(=O)CN1CCN(CCO)CC1. The number of nitrogens with zero attached hydrogens (tertiary/aromatic N) is 3. The number of amides is 1. The van der Waals surface area contributed by atoms with Crippen molar-refractivity contribution in [3.8, 4) is 0 Å². The molecule has 128 valence electrons. The molecule has 0 radical (unpaired) electrons. The summed E-state index contributed by atoms with van der Waals surface area (Å²) in [7, 11) is 0. The van der Waals surface area contributed by atoms with E-state index in [1.54, 1.807) is 0 Å². The van der Waals surface area contributed by atoms with Gasteiger partial charge in [0.05, 0.1) is 13.2 Å². The summed E-state index contributed by atoms with van der Waals surface area (Å²) in [6, 6.07) is 10.3. The van der Waals surface area contributed by atoms with Gasteiger partial charge in [-0.15, -0.1) is 0 Å². The van der Waals surface area contributed by atoms with Crippen molar-refractivity contribution in [2.75, 3.05) is 45.9 Å². The molecule has 0 aromatic heterocycles. The molecule has 1 amide bonds. The molecule has 0 saturated carbocycles. The molecule has 1 saturated heterocycles. The van der Waals surface area contributed by atoms with Gasteiger partial charge in [-0.2, -0.15) is 0 Å². The van der Waals surface area contributed by atoms with E-state index in [4.69, 9.17) is 5.11 Å². The summed E-state index contributed by atoms with van der Waals surface area (Å²) in [6.45, 7) is 9.86. The molecule has 1 aliphatic heterocycles. The summed E-state index contributed by atoms with van der Waals surface area (Å²) >= 11 is 0. The van der Waals surface area contributed by atoms with Crippen molar-refractivity contribution >= 4 is 5.91 Å². The lowest BCUT2D eigenvalue weighted by Gasteiger charge is -2.36. The Bertz CT molecular complexity index is 470. The fourth-order valence-electron chi connectivity index (χ4n) is 2.93. The maximum Gasteiger partial charge on any atom is 0.237 e. The zero-order valence-electron chi connectivity index (χ0n) is 14.3. The van der Waals surface area contributed by atoms with Gasteiger partial charge in [-0.25, -0.2) is 0 Å².